The lowest BCUT2D eigenvalue weighted by molar-refractivity contribution is 0.557. The van der Waals surface area contributed by atoms with Gasteiger partial charge in [-0.2, -0.15) is 0 Å². The summed E-state index contributed by atoms with van der Waals surface area (Å²) in [6.07, 6.45) is 2.20. The number of aryl methyl sites for hydroxylation is 1. The lowest BCUT2D eigenvalue weighted by atomic mass is 10.3. The minimum atomic E-state index is 0.267. The first-order valence-electron chi connectivity index (χ1n) is 6.38. The van der Waals surface area contributed by atoms with Crippen molar-refractivity contribution in [3.05, 3.63) is 16.1 Å². The summed E-state index contributed by atoms with van der Waals surface area (Å²) in [5.41, 5.74) is 6.92. The molecule has 0 saturated heterocycles. The molecular formula is C12H19N5S2. The van der Waals surface area contributed by atoms with Crippen LogP contribution in [0.5, 0.6) is 0 Å². The van der Waals surface area contributed by atoms with Crippen LogP contribution in [-0.2, 0) is 12.2 Å². The smallest absolute Gasteiger partial charge is 0.222 e. The molecule has 0 saturated carbocycles. The second-order valence-corrected chi connectivity index (χ2v) is 6.46. The molecule has 0 spiro atoms. The van der Waals surface area contributed by atoms with E-state index in [0.29, 0.717) is 5.95 Å². The lowest BCUT2D eigenvalue weighted by Gasteiger charge is -2.10. The summed E-state index contributed by atoms with van der Waals surface area (Å²) in [5.74, 6) is 1.29. The van der Waals surface area contributed by atoms with Gasteiger partial charge in [-0.05, 0) is 26.7 Å². The van der Waals surface area contributed by atoms with Gasteiger partial charge in [-0.25, -0.2) is 4.98 Å². The Balaban J connectivity index is 2.02. The Morgan fingerprint density at radius 3 is 2.89 bits per heavy atom. The van der Waals surface area contributed by atoms with E-state index < -0.39 is 0 Å². The lowest BCUT2D eigenvalue weighted by Crippen LogP contribution is -2.07. The Morgan fingerprint density at radius 1 is 1.42 bits per heavy atom. The van der Waals surface area contributed by atoms with E-state index in [4.69, 9.17) is 5.73 Å². The Hall–Kier alpha value is -1.08. The average molecular weight is 297 g/mol. The molecule has 0 atom stereocenters. The fraction of sp³-hybridized carbons (Fsp3) is 0.583. The molecule has 0 aromatic carbocycles. The van der Waals surface area contributed by atoms with Crippen molar-refractivity contribution < 1.29 is 0 Å². The molecule has 5 nitrogen and oxygen atoms in total. The molecule has 2 N–H and O–H groups in total. The van der Waals surface area contributed by atoms with Crippen LogP contribution < -0.4 is 5.73 Å². The van der Waals surface area contributed by atoms with Gasteiger partial charge in [0.15, 0.2) is 5.16 Å². The fourth-order valence-electron chi connectivity index (χ4n) is 1.75. The van der Waals surface area contributed by atoms with E-state index in [9.17, 15) is 0 Å². The Morgan fingerprint density at radius 2 is 2.21 bits per heavy atom. The number of nitrogens with zero attached hydrogens (tertiary/aromatic N) is 4. The molecule has 104 valence electrons. The van der Waals surface area contributed by atoms with Gasteiger partial charge in [0.25, 0.3) is 0 Å². The van der Waals surface area contributed by atoms with Gasteiger partial charge in [-0.3, -0.25) is 4.57 Å². The third-order valence-electron chi connectivity index (χ3n) is 2.62. The van der Waals surface area contributed by atoms with Gasteiger partial charge in [0.05, 0.1) is 10.7 Å². The number of anilines is 1. The average Bonchev–Trinajstić information content (AvgIpc) is 2.94. The van der Waals surface area contributed by atoms with Crippen molar-refractivity contribution in [3.8, 4) is 0 Å². The summed E-state index contributed by atoms with van der Waals surface area (Å²) in [5, 5.41) is 12.3. The molecule has 2 rings (SSSR count). The van der Waals surface area contributed by atoms with Crippen LogP contribution in [-0.4, -0.2) is 19.7 Å². The first-order chi connectivity index (χ1) is 9.11. The van der Waals surface area contributed by atoms with Crippen molar-refractivity contribution in [1.82, 2.24) is 19.7 Å². The maximum absolute atomic E-state index is 5.82. The van der Waals surface area contributed by atoms with E-state index in [0.717, 1.165) is 29.4 Å². The van der Waals surface area contributed by atoms with Gasteiger partial charge in [0.2, 0.25) is 5.95 Å². The van der Waals surface area contributed by atoms with Crippen molar-refractivity contribution >= 4 is 29.0 Å². The van der Waals surface area contributed by atoms with Crippen molar-refractivity contribution in [2.75, 3.05) is 5.73 Å². The predicted octanol–water partition coefficient (Wildman–Crippen LogP) is 3.14. The molecule has 2 aromatic heterocycles. The molecule has 0 aliphatic carbocycles. The molecule has 2 aromatic rings. The van der Waals surface area contributed by atoms with E-state index >= 15 is 0 Å². The number of rotatable bonds is 6. The molecule has 7 heteroatoms. The Labute approximate surface area is 121 Å². The van der Waals surface area contributed by atoms with Crippen LogP contribution in [0.4, 0.5) is 5.95 Å². The highest BCUT2D eigenvalue weighted by molar-refractivity contribution is 7.98. The first kappa shape index (κ1) is 14.3. The maximum Gasteiger partial charge on any atom is 0.222 e. The van der Waals surface area contributed by atoms with E-state index in [-0.39, 0.29) is 6.04 Å². The number of hydrogen-bond donors (Lipinski definition) is 1. The van der Waals surface area contributed by atoms with E-state index in [1.807, 2.05) is 4.57 Å². The zero-order valence-corrected chi connectivity index (χ0v) is 13.1. The molecular weight excluding hydrogens is 278 g/mol. The van der Waals surface area contributed by atoms with E-state index in [2.05, 4.69) is 41.3 Å². The molecule has 0 aliphatic heterocycles. The number of nitrogen functional groups attached to an aromatic ring is 1. The molecule has 0 amide bonds. The molecule has 0 fully saturated rings. The quantitative estimate of drug-likeness (QED) is 0.829. The maximum atomic E-state index is 5.82. The summed E-state index contributed by atoms with van der Waals surface area (Å²) in [7, 11) is 0. The van der Waals surface area contributed by atoms with Crippen molar-refractivity contribution in [3.63, 3.8) is 0 Å². The zero-order valence-electron chi connectivity index (χ0n) is 11.5. The van der Waals surface area contributed by atoms with Gasteiger partial charge in [-0.15, -0.1) is 21.5 Å². The van der Waals surface area contributed by atoms with Gasteiger partial charge in [0.1, 0.15) is 0 Å². The van der Waals surface area contributed by atoms with Gasteiger partial charge >= 0.3 is 0 Å². The number of thioether (sulfide) groups is 1. The summed E-state index contributed by atoms with van der Waals surface area (Å²) < 4.78 is 1.95. The molecule has 0 radical (unpaired) electrons. The number of thiazole rings is 1. The first-order valence-corrected chi connectivity index (χ1v) is 8.24. The highest BCUT2D eigenvalue weighted by atomic mass is 32.2. The van der Waals surface area contributed by atoms with Gasteiger partial charge in [0, 0.05) is 17.2 Å². The van der Waals surface area contributed by atoms with Gasteiger partial charge < -0.3 is 5.73 Å². The second-order valence-electron chi connectivity index (χ2n) is 4.58. The molecule has 0 aliphatic rings. The highest BCUT2D eigenvalue weighted by Gasteiger charge is 2.13. The normalized spacial score (nSPS) is 11.4. The molecule has 2 heterocycles. The van der Waals surface area contributed by atoms with Crippen LogP contribution in [0.2, 0.25) is 0 Å². The predicted molar refractivity (Wildman–Crippen MR) is 80.5 cm³/mol. The van der Waals surface area contributed by atoms with E-state index in [1.165, 1.54) is 5.01 Å². The minimum absolute atomic E-state index is 0.267. The topological polar surface area (TPSA) is 69.6 Å². The third-order valence-corrected chi connectivity index (χ3v) is 4.55. The fourth-order valence-corrected chi connectivity index (χ4v) is 3.73. The highest BCUT2D eigenvalue weighted by Crippen LogP contribution is 2.26. The summed E-state index contributed by atoms with van der Waals surface area (Å²) >= 11 is 3.37. The Bertz CT molecular complexity index is 532. The molecule has 19 heavy (non-hydrogen) atoms. The van der Waals surface area contributed by atoms with Crippen molar-refractivity contribution in [2.45, 2.75) is 50.6 Å². The number of hydrogen-bond acceptors (Lipinski definition) is 6. The van der Waals surface area contributed by atoms with Crippen LogP contribution >= 0.6 is 23.1 Å². The summed E-state index contributed by atoms with van der Waals surface area (Å²) in [4.78, 5) is 4.61. The number of nitrogens with two attached hydrogens (primary N) is 1. The Kier molecular flexibility index (Phi) is 4.81. The summed E-state index contributed by atoms with van der Waals surface area (Å²) in [6.45, 7) is 6.32. The minimum Gasteiger partial charge on any atom is -0.368 e. The van der Waals surface area contributed by atoms with Crippen LogP contribution in [0.3, 0.4) is 0 Å². The summed E-state index contributed by atoms with van der Waals surface area (Å²) in [6, 6.07) is 0.267. The van der Waals surface area contributed by atoms with Crippen molar-refractivity contribution in [1.29, 1.82) is 0 Å². The monoisotopic (exact) mass is 297 g/mol. The van der Waals surface area contributed by atoms with Crippen LogP contribution in [0.25, 0.3) is 0 Å². The molecule has 0 unspecified atom stereocenters. The van der Waals surface area contributed by atoms with E-state index in [1.54, 1.807) is 23.1 Å². The van der Waals surface area contributed by atoms with Gasteiger partial charge in [-0.1, -0.05) is 18.7 Å². The van der Waals surface area contributed by atoms with Crippen molar-refractivity contribution in [2.24, 2.45) is 0 Å². The standard InChI is InChI=1S/C12H19N5S2/c1-4-5-10-14-9(6-18-10)7-19-12-16-15-11(13)17(12)8(2)3/h6,8H,4-5,7H2,1-3H3,(H2,13,15). The molecule has 0 bridgehead atoms. The number of aromatic nitrogens is 4. The van der Waals surface area contributed by atoms with Crippen LogP contribution in [0, 0.1) is 0 Å². The zero-order chi connectivity index (χ0) is 13.8. The van der Waals surface area contributed by atoms with Crippen LogP contribution in [0.1, 0.15) is 43.9 Å². The third kappa shape index (κ3) is 3.48. The largest absolute Gasteiger partial charge is 0.368 e. The van der Waals surface area contributed by atoms with Crippen LogP contribution in [0.15, 0.2) is 10.5 Å². The SMILES string of the molecule is CCCc1nc(CSc2nnc(N)n2C(C)C)cs1. The second kappa shape index (κ2) is 6.38.